The summed E-state index contributed by atoms with van der Waals surface area (Å²) in [7, 11) is 0. The zero-order valence-electron chi connectivity index (χ0n) is 12.1. The van der Waals surface area contributed by atoms with Crippen LogP contribution >= 0.6 is 0 Å². The fourth-order valence-corrected chi connectivity index (χ4v) is 2.02. The van der Waals surface area contributed by atoms with Gasteiger partial charge in [-0.15, -0.1) is 0 Å². The van der Waals surface area contributed by atoms with Crippen molar-refractivity contribution in [2.45, 2.75) is 33.5 Å². The molecule has 0 saturated carbocycles. The third-order valence-electron chi connectivity index (χ3n) is 3.10. The minimum atomic E-state index is -2.61. The molecule has 0 amide bonds. The molecule has 21 heavy (non-hydrogen) atoms. The topological polar surface area (TPSA) is 39.1 Å². The van der Waals surface area contributed by atoms with E-state index in [9.17, 15) is 8.78 Å². The summed E-state index contributed by atoms with van der Waals surface area (Å²) in [4.78, 5) is 3.90. The van der Waals surface area contributed by atoms with E-state index in [1.807, 2.05) is 32.0 Å². The largest absolute Gasteiger partial charge is 0.485 e. The summed E-state index contributed by atoms with van der Waals surface area (Å²) in [6.45, 7) is 2.96. The second-order valence-electron chi connectivity index (χ2n) is 4.71. The quantitative estimate of drug-likeness (QED) is 0.852. The first-order valence-electron chi connectivity index (χ1n) is 6.84. The minimum Gasteiger partial charge on any atom is -0.485 e. The minimum absolute atomic E-state index is 0.0134. The predicted molar refractivity (Wildman–Crippen MR) is 76.4 cm³/mol. The van der Waals surface area contributed by atoms with E-state index in [1.165, 1.54) is 12.4 Å². The normalized spacial score (nSPS) is 11.1. The van der Waals surface area contributed by atoms with Gasteiger partial charge < -0.3 is 10.1 Å². The number of hydrogen-bond donors (Lipinski definition) is 1. The molecule has 0 spiro atoms. The molecule has 2 aromatic rings. The number of ether oxygens (including phenoxy) is 1. The Hall–Kier alpha value is -1.95. The lowest BCUT2D eigenvalue weighted by Crippen LogP contribution is -2.14. The van der Waals surface area contributed by atoms with Crippen LogP contribution in [0.4, 0.5) is 8.78 Å². The molecule has 6 heteroatoms. The van der Waals surface area contributed by atoms with Crippen molar-refractivity contribution in [3.05, 3.63) is 47.5 Å². The SMILES string of the molecule is CCNCc1cc(C)ccc1OCc1nccn1C(F)F. The summed E-state index contributed by atoms with van der Waals surface area (Å²) in [5.41, 5.74) is 2.14. The van der Waals surface area contributed by atoms with Crippen molar-refractivity contribution in [3.63, 3.8) is 0 Å². The molecule has 0 unspecified atom stereocenters. The van der Waals surface area contributed by atoms with Gasteiger partial charge in [0.2, 0.25) is 0 Å². The van der Waals surface area contributed by atoms with Crippen molar-refractivity contribution >= 4 is 0 Å². The third kappa shape index (κ3) is 4.01. The zero-order chi connectivity index (χ0) is 15.2. The highest BCUT2D eigenvalue weighted by molar-refractivity contribution is 5.36. The van der Waals surface area contributed by atoms with Gasteiger partial charge in [-0.05, 0) is 19.5 Å². The molecule has 4 nitrogen and oxygen atoms in total. The van der Waals surface area contributed by atoms with E-state index in [0.717, 1.165) is 22.2 Å². The van der Waals surface area contributed by atoms with Gasteiger partial charge >= 0.3 is 6.55 Å². The highest BCUT2D eigenvalue weighted by atomic mass is 19.3. The van der Waals surface area contributed by atoms with Gasteiger partial charge in [-0.3, -0.25) is 4.57 Å². The van der Waals surface area contributed by atoms with Gasteiger partial charge in [-0.25, -0.2) is 4.98 Å². The van der Waals surface area contributed by atoms with Gasteiger partial charge in [0.15, 0.2) is 5.82 Å². The van der Waals surface area contributed by atoms with Gasteiger partial charge in [0.25, 0.3) is 0 Å². The molecule has 114 valence electrons. The van der Waals surface area contributed by atoms with E-state index in [4.69, 9.17) is 4.74 Å². The van der Waals surface area contributed by atoms with E-state index in [2.05, 4.69) is 10.3 Å². The fourth-order valence-electron chi connectivity index (χ4n) is 2.02. The Kier molecular flexibility index (Phi) is 5.27. The van der Waals surface area contributed by atoms with Crippen molar-refractivity contribution in [2.75, 3.05) is 6.54 Å². The highest BCUT2D eigenvalue weighted by Crippen LogP contribution is 2.22. The van der Waals surface area contributed by atoms with Crippen molar-refractivity contribution in [1.82, 2.24) is 14.9 Å². The summed E-state index contributed by atoms with van der Waals surface area (Å²) in [5, 5.41) is 3.23. The van der Waals surface area contributed by atoms with Gasteiger partial charge in [-0.1, -0.05) is 24.6 Å². The molecule has 0 radical (unpaired) electrons. The number of benzene rings is 1. The second-order valence-corrected chi connectivity index (χ2v) is 4.71. The molecule has 0 atom stereocenters. The van der Waals surface area contributed by atoms with Crippen LogP contribution in [0.15, 0.2) is 30.6 Å². The zero-order valence-corrected chi connectivity index (χ0v) is 12.1. The lowest BCUT2D eigenvalue weighted by molar-refractivity contribution is 0.0632. The Balaban J connectivity index is 2.10. The molecule has 0 fully saturated rings. The lowest BCUT2D eigenvalue weighted by atomic mass is 10.1. The Morgan fingerprint density at radius 3 is 2.90 bits per heavy atom. The maximum absolute atomic E-state index is 12.7. The Labute approximate surface area is 122 Å². The van der Waals surface area contributed by atoms with Crippen LogP contribution in [0.5, 0.6) is 5.75 Å². The van der Waals surface area contributed by atoms with Gasteiger partial charge in [-0.2, -0.15) is 8.78 Å². The monoisotopic (exact) mass is 295 g/mol. The number of hydrogen-bond acceptors (Lipinski definition) is 3. The maximum atomic E-state index is 12.7. The molecular weight excluding hydrogens is 276 g/mol. The molecule has 0 aliphatic heterocycles. The Morgan fingerprint density at radius 2 is 2.19 bits per heavy atom. The van der Waals surface area contributed by atoms with E-state index in [0.29, 0.717) is 12.3 Å². The summed E-state index contributed by atoms with van der Waals surface area (Å²) < 4.78 is 32.0. The average Bonchev–Trinajstić information content (AvgIpc) is 2.92. The van der Waals surface area contributed by atoms with Gasteiger partial charge in [0.1, 0.15) is 12.4 Å². The number of aromatic nitrogens is 2. The smallest absolute Gasteiger partial charge is 0.320 e. The first-order chi connectivity index (χ1) is 10.1. The van der Waals surface area contributed by atoms with Gasteiger partial charge in [0.05, 0.1) is 0 Å². The van der Waals surface area contributed by atoms with E-state index in [-0.39, 0.29) is 12.4 Å². The summed E-state index contributed by atoms with van der Waals surface area (Å²) in [6.07, 6.45) is 2.59. The number of nitrogens with one attached hydrogen (secondary N) is 1. The van der Waals surface area contributed by atoms with E-state index >= 15 is 0 Å². The van der Waals surface area contributed by atoms with Crippen molar-refractivity contribution in [2.24, 2.45) is 0 Å². The fraction of sp³-hybridized carbons (Fsp3) is 0.400. The van der Waals surface area contributed by atoms with Crippen molar-refractivity contribution in [3.8, 4) is 5.75 Å². The number of imidazole rings is 1. The molecule has 0 aliphatic carbocycles. The van der Waals surface area contributed by atoms with E-state index < -0.39 is 6.55 Å². The second kappa shape index (κ2) is 7.17. The molecule has 1 aromatic heterocycles. The molecule has 1 aromatic carbocycles. The highest BCUT2D eigenvalue weighted by Gasteiger charge is 2.12. The van der Waals surface area contributed by atoms with E-state index in [1.54, 1.807) is 0 Å². The van der Waals surface area contributed by atoms with Crippen LogP contribution in [0.25, 0.3) is 0 Å². The molecular formula is C15H19F2N3O. The average molecular weight is 295 g/mol. The summed E-state index contributed by atoms with van der Waals surface area (Å²) in [5.74, 6) is 0.894. The van der Waals surface area contributed by atoms with Crippen LogP contribution in [0.1, 0.15) is 30.4 Å². The van der Waals surface area contributed by atoms with Crippen LogP contribution < -0.4 is 10.1 Å². The van der Waals surface area contributed by atoms with Crippen LogP contribution in [-0.4, -0.2) is 16.1 Å². The molecule has 0 bridgehead atoms. The van der Waals surface area contributed by atoms with Crippen LogP contribution in [0.2, 0.25) is 0 Å². The van der Waals surface area contributed by atoms with Crippen molar-refractivity contribution in [1.29, 1.82) is 0 Å². The lowest BCUT2D eigenvalue weighted by Gasteiger charge is -2.13. The molecule has 1 N–H and O–H groups in total. The number of alkyl halides is 2. The number of halogens is 2. The molecule has 1 heterocycles. The molecule has 2 rings (SSSR count). The van der Waals surface area contributed by atoms with Crippen LogP contribution in [-0.2, 0) is 13.2 Å². The Bertz CT molecular complexity index is 584. The third-order valence-corrected chi connectivity index (χ3v) is 3.10. The first-order valence-corrected chi connectivity index (χ1v) is 6.84. The van der Waals surface area contributed by atoms with Crippen molar-refractivity contribution < 1.29 is 13.5 Å². The molecule has 0 aliphatic rings. The number of nitrogens with zero attached hydrogens (tertiary/aromatic N) is 2. The van der Waals surface area contributed by atoms with Gasteiger partial charge in [0, 0.05) is 24.5 Å². The van der Waals surface area contributed by atoms with Crippen LogP contribution in [0, 0.1) is 6.92 Å². The number of aryl methyl sites for hydroxylation is 1. The maximum Gasteiger partial charge on any atom is 0.320 e. The Morgan fingerprint density at radius 1 is 1.38 bits per heavy atom. The summed E-state index contributed by atoms with van der Waals surface area (Å²) in [6, 6.07) is 5.82. The predicted octanol–water partition coefficient (Wildman–Crippen LogP) is 3.28. The number of rotatable bonds is 7. The first kappa shape index (κ1) is 15.4. The van der Waals surface area contributed by atoms with Crippen LogP contribution in [0.3, 0.4) is 0 Å². The summed E-state index contributed by atoms with van der Waals surface area (Å²) >= 11 is 0. The molecule has 0 saturated heterocycles. The standard InChI is InChI=1S/C15H19F2N3O/c1-3-18-9-12-8-11(2)4-5-13(12)21-10-14-19-6-7-20(14)15(16)17/h4-8,15,18H,3,9-10H2,1-2H3.